The maximum absolute atomic E-state index is 10.4. The largest absolute Gasteiger partial charge is 0.344 e. The van der Waals surface area contributed by atoms with Gasteiger partial charge in [0.2, 0.25) is 0 Å². The first-order valence-electron chi connectivity index (χ1n) is 2.63. The topological polar surface area (TPSA) is 89.4 Å². The van der Waals surface area contributed by atoms with Gasteiger partial charge in [-0.25, -0.2) is 0 Å². The number of hydrogen-bond acceptors (Lipinski definition) is 3. The standard InChI is InChI=1S/C6H6O3S.K.H3N/c7-10(8,9)6-4-2-1-3-5-6;;/h1-5H,(H,7,8,9);;1H3. The molecule has 0 spiro atoms. The van der Waals surface area contributed by atoms with E-state index in [1.54, 1.807) is 18.2 Å². The minimum atomic E-state index is -4.00. The molecule has 0 aliphatic heterocycles. The molecule has 1 aromatic carbocycles. The van der Waals surface area contributed by atoms with Gasteiger partial charge in [0.15, 0.2) is 0 Å². The van der Waals surface area contributed by atoms with Crippen molar-refractivity contribution >= 4 is 61.5 Å². The second kappa shape index (κ2) is 6.22. The van der Waals surface area contributed by atoms with E-state index in [4.69, 9.17) is 4.55 Å². The molecule has 4 N–H and O–H groups in total. The van der Waals surface area contributed by atoms with E-state index in [0.717, 1.165) is 0 Å². The summed E-state index contributed by atoms with van der Waals surface area (Å²) in [6.07, 6.45) is 0. The summed E-state index contributed by atoms with van der Waals surface area (Å²) in [6.45, 7) is 0. The van der Waals surface area contributed by atoms with Crippen LogP contribution >= 0.6 is 0 Å². The van der Waals surface area contributed by atoms with Crippen LogP contribution in [0.4, 0.5) is 0 Å². The van der Waals surface area contributed by atoms with Gasteiger partial charge >= 0.3 is 0 Å². The quantitative estimate of drug-likeness (QED) is 0.532. The minimum absolute atomic E-state index is 0. The molecule has 0 aliphatic carbocycles. The Morgan fingerprint density at radius 2 is 1.50 bits per heavy atom. The van der Waals surface area contributed by atoms with Crippen molar-refractivity contribution < 1.29 is 13.0 Å². The molecular formula is C6H9KNO3S. The summed E-state index contributed by atoms with van der Waals surface area (Å²) >= 11 is 0. The Labute approximate surface area is 114 Å². The van der Waals surface area contributed by atoms with Crippen molar-refractivity contribution in [1.82, 2.24) is 6.15 Å². The van der Waals surface area contributed by atoms with E-state index in [0.29, 0.717) is 0 Å². The molecule has 0 heterocycles. The molecule has 0 atom stereocenters. The first-order valence-corrected chi connectivity index (χ1v) is 4.07. The van der Waals surface area contributed by atoms with Crippen LogP contribution in [0.5, 0.6) is 0 Å². The van der Waals surface area contributed by atoms with Crippen LogP contribution in [0.25, 0.3) is 0 Å². The smallest absolute Gasteiger partial charge is 0.294 e. The Bertz CT molecular complexity index is 311. The molecule has 0 saturated carbocycles. The number of benzene rings is 1. The summed E-state index contributed by atoms with van der Waals surface area (Å²) in [5.41, 5.74) is 0. The van der Waals surface area contributed by atoms with Gasteiger partial charge in [0.05, 0.1) is 4.90 Å². The van der Waals surface area contributed by atoms with Crippen molar-refractivity contribution in [3.63, 3.8) is 0 Å². The summed E-state index contributed by atoms with van der Waals surface area (Å²) in [5.74, 6) is 0. The second-order valence-corrected chi connectivity index (χ2v) is 3.21. The SMILES string of the molecule is N.O=S(=O)(O)c1ccccc1.[K]. The summed E-state index contributed by atoms with van der Waals surface area (Å²) in [5, 5.41) is 0. The van der Waals surface area contributed by atoms with Crippen LogP contribution in [0.15, 0.2) is 35.2 Å². The fourth-order valence-corrected chi connectivity index (χ4v) is 1.09. The minimum Gasteiger partial charge on any atom is -0.344 e. The third kappa shape index (κ3) is 4.68. The molecular weight excluding hydrogens is 205 g/mol. The maximum atomic E-state index is 10.4. The zero-order valence-corrected chi connectivity index (χ0v) is 10.7. The Hall–Kier alpha value is 0.726. The molecule has 0 aliphatic rings. The van der Waals surface area contributed by atoms with E-state index in [9.17, 15) is 8.42 Å². The predicted octanol–water partition coefficient (Wildman–Crippen LogP) is 0.715. The van der Waals surface area contributed by atoms with Crippen LogP contribution in [0.2, 0.25) is 0 Å². The fourth-order valence-electron chi connectivity index (χ4n) is 0.592. The molecule has 0 amide bonds. The molecule has 1 rings (SSSR count). The summed E-state index contributed by atoms with van der Waals surface area (Å²) in [4.78, 5) is -0.0741. The van der Waals surface area contributed by atoms with E-state index in [1.165, 1.54) is 12.1 Å². The van der Waals surface area contributed by atoms with E-state index in [-0.39, 0.29) is 62.4 Å². The zero-order valence-electron chi connectivity index (χ0n) is 6.77. The second-order valence-electron chi connectivity index (χ2n) is 1.79. The van der Waals surface area contributed by atoms with E-state index in [1.807, 2.05) is 0 Å². The van der Waals surface area contributed by atoms with Crippen molar-refractivity contribution in [2.45, 2.75) is 4.90 Å². The molecule has 12 heavy (non-hydrogen) atoms. The predicted molar refractivity (Wildman–Crippen MR) is 47.0 cm³/mol. The molecule has 63 valence electrons. The third-order valence-corrected chi connectivity index (χ3v) is 1.91. The fraction of sp³-hybridized carbons (Fsp3) is 0. The van der Waals surface area contributed by atoms with Gasteiger partial charge in [-0.05, 0) is 12.1 Å². The summed E-state index contributed by atoms with van der Waals surface area (Å²) < 4.78 is 29.2. The Morgan fingerprint density at radius 3 is 1.75 bits per heavy atom. The number of rotatable bonds is 1. The molecule has 1 radical (unpaired) electrons. The molecule has 4 nitrogen and oxygen atoms in total. The van der Waals surface area contributed by atoms with Crippen LogP contribution in [0, 0.1) is 0 Å². The van der Waals surface area contributed by atoms with E-state index < -0.39 is 10.1 Å². The third-order valence-electron chi connectivity index (χ3n) is 1.04. The van der Waals surface area contributed by atoms with Crippen LogP contribution in [-0.2, 0) is 10.1 Å². The Morgan fingerprint density at radius 1 is 1.08 bits per heavy atom. The first kappa shape index (κ1) is 15.2. The average Bonchev–Trinajstić information content (AvgIpc) is 1.88. The van der Waals surface area contributed by atoms with E-state index in [2.05, 4.69) is 0 Å². The van der Waals surface area contributed by atoms with Gasteiger partial charge in [0.25, 0.3) is 10.1 Å². The van der Waals surface area contributed by atoms with E-state index >= 15 is 0 Å². The van der Waals surface area contributed by atoms with Crippen molar-refractivity contribution in [1.29, 1.82) is 0 Å². The Balaban J connectivity index is 0. The molecule has 0 bridgehead atoms. The van der Waals surface area contributed by atoms with Crippen molar-refractivity contribution in [3.8, 4) is 0 Å². The molecule has 1 aromatic rings. The van der Waals surface area contributed by atoms with Gasteiger partial charge < -0.3 is 6.15 Å². The molecule has 0 saturated heterocycles. The first-order chi connectivity index (χ1) is 4.61. The van der Waals surface area contributed by atoms with Gasteiger partial charge in [0.1, 0.15) is 0 Å². The Kier molecular flexibility index (Phi) is 7.89. The van der Waals surface area contributed by atoms with Crippen molar-refractivity contribution in [3.05, 3.63) is 30.3 Å². The van der Waals surface area contributed by atoms with Gasteiger partial charge in [-0.1, -0.05) is 18.2 Å². The van der Waals surface area contributed by atoms with Crippen molar-refractivity contribution in [2.24, 2.45) is 0 Å². The van der Waals surface area contributed by atoms with Crippen LogP contribution < -0.4 is 6.15 Å². The monoisotopic (exact) mass is 214 g/mol. The average molecular weight is 214 g/mol. The van der Waals surface area contributed by atoms with Crippen LogP contribution in [0.1, 0.15) is 0 Å². The maximum Gasteiger partial charge on any atom is 0.294 e. The van der Waals surface area contributed by atoms with Crippen LogP contribution in [0.3, 0.4) is 0 Å². The van der Waals surface area contributed by atoms with Crippen molar-refractivity contribution in [2.75, 3.05) is 0 Å². The van der Waals surface area contributed by atoms with Crippen LogP contribution in [-0.4, -0.2) is 64.4 Å². The molecule has 6 heteroatoms. The van der Waals surface area contributed by atoms with Gasteiger partial charge in [-0.2, -0.15) is 8.42 Å². The van der Waals surface area contributed by atoms with Gasteiger partial charge in [0, 0.05) is 51.4 Å². The van der Waals surface area contributed by atoms with Gasteiger partial charge in [-0.15, -0.1) is 0 Å². The molecule has 0 fully saturated rings. The molecule has 0 aromatic heterocycles. The summed E-state index contributed by atoms with van der Waals surface area (Å²) in [6, 6.07) is 7.42. The normalized spacial score (nSPS) is 9.42. The molecule has 0 unspecified atom stereocenters. The zero-order chi connectivity index (χ0) is 7.61. The number of hydrogen-bond donors (Lipinski definition) is 2. The summed E-state index contributed by atoms with van der Waals surface area (Å²) in [7, 11) is -4.00. The van der Waals surface area contributed by atoms with Gasteiger partial charge in [-0.3, -0.25) is 4.55 Å².